The number of rotatable bonds is 7. The van der Waals surface area contributed by atoms with Gasteiger partial charge in [-0.15, -0.1) is 0 Å². The molecule has 0 saturated heterocycles. The normalized spacial score (nSPS) is 18.2. The van der Waals surface area contributed by atoms with Crippen molar-refractivity contribution >= 4 is 0 Å². The van der Waals surface area contributed by atoms with Crippen molar-refractivity contribution in [3.05, 3.63) is 88.5 Å². The summed E-state index contributed by atoms with van der Waals surface area (Å²) in [5, 5.41) is 0. The number of hydrogen-bond donors (Lipinski definition) is 0. The van der Waals surface area contributed by atoms with E-state index >= 15 is 0 Å². The molecular weight excluding hydrogens is 440 g/mol. The van der Waals surface area contributed by atoms with Crippen LogP contribution < -0.4 is 4.74 Å². The molecule has 4 rings (SSSR count). The van der Waals surface area contributed by atoms with Gasteiger partial charge in [-0.3, -0.25) is 0 Å². The summed E-state index contributed by atoms with van der Waals surface area (Å²) in [4.78, 5) is 0. The van der Waals surface area contributed by atoms with E-state index in [1.54, 1.807) is 43.3 Å². The zero-order valence-electron chi connectivity index (χ0n) is 19.6. The quantitative estimate of drug-likeness (QED) is 0.315. The molecule has 1 saturated carbocycles. The van der Waals surface area contributed by atoms with Gasteiger partial charge in [0, 0.05) is 5.56 Å². The molecule has 1 nitrogen and oxygen atoms in total. The Labute approximate surface area is 198 Å². The van der Waals surface area contributed by atoms with E-state index in [0.717, 1.165) is 31.2 Å². The van der Waals surface area contributed by atoms with Gasteiger partial charge in [-0.05, 0) is 78.8 Å². The molecule has 0 bridgehead atoms. The van der Waals surface area contributed by atoms with Crippen molar-refractivity contribution in [2.24, 2.45) is 5.92 Å². The molecule has 34 heavy (non-hydrogen) atoms. The summed E-state index contributed by atoms with van der Waals surface area (Å²) in [5.41, 5.74) is 2.44. The van der Waals surface area contributed by atoms with E-state index in [0.29, 0.717) is 35.4 Å². The predicted molar refractivity (Wildman–Crippen MR) is 127 cm³/mol. The van der Waals surface area contributed by atoms with E-state index in [4.69, 9.17) is 4.74 Å². The topological polar surface area (TPSA) is 9.23 Å². The predicted octanol–water partition coefficient (Wildman–Crippen LogP) is 8.39. The minimum absolute atomic E-state index is 0.0973. The molecule has 3 aromatic rings. The number of hydrogen-bond acceptors (Lipinski definition) is 1. The zero-order valence-corrected chi connectivity index (χ0v) is 19.6. The highest BCUT2D eigenvalue weighted by atomic mass is 19.2. The third-order valence-corrected chi connectivity index (χ3v) is 6.94. The maximum atomic E-state index is 14.8. The van der Waals surface area contributed by atoms with Crippen LogP contribution in [0.3, 0.4) is 0 Å². The molecule has 0 heterocycles. The second kappa shape index (κ2) is 10.6. The van der Waals surface area contributed by atoms with Gasteiger partial charge in [-0.2, -0.15) is 4.39 Å². The largest absolute Gasteiger partial charge is 0.491 e. The molecule has 3 aromatic carbocycles. The van der Waals surface area contributed by atoms with Crippen LogP contribution in [0.25, 0.3) is 11.1 Å². The van der Waals surface area contributed by atoms with E-state index in [1.165, 1.54) is 12.1 Å². The van der Waals surface area contributed by atoms with Gasteiger partial charge in [0.15, 0.2) is 23.2 Å². The zero-order chi connectivity index (χ0) is 24.2. The van der Waals surface area contributed by atoms with Gasteiger partial charge in [0.2, 0.25) is 5.82 Å². The number of benzene rings is 3. The van der Waals surface area contributed by atoms with Gasteiger partial charge in [0.05, 0.1) is 6.61 Å². The summed E-state index contributed by atoms with van der Waals surface area (Å²) in [7, 11) is 0. The van der Waals surface area contributed by atoms with Crippen molar-refractivity contribution in [2.75, 3.05) is 6.61 Å². The van der Waals surface area contributed by atoms with Crippen LogP contribution in [-0.2, 0) is 12.8 Å². The molecular formula is C29H30F4O. The van der Waals surface area contributed by atoms with Crippen LogP contribution in [0.5, 0.6) is 5.75 Å². The Morgan fingerprint density at radius 2 is 1.44 bits per heavy atom. The van der Waals surface area contributed by atoms with E-state index in [-0.39, 0.29) is 23.8 Å². The Balaban J connectivity index is 1.44. The van der Waals surface area contributed by atoms with Crippen LogP contribution in [0.2, 0.25) is 0 Å². The van der Waals surface area contributed by atoms with Gasteiger partial charge in [-0.1, -0.05) is 56.2 Å². The van der Waals surface area contributed by atoms with Crippen LogP contribution in [0.15, 0.2) is 48.5 Å². The lowest BCUT2D eigenvalue weighted by Gasteiger charge is -2.27. The van der Waals surface area contributed by atoms with Crippen molar-refractivity contribution in [2.45, 2.75) is 58.3 Å². The molecule has 0 N–H and O–H groups in total. The van der Waals surface area contributed by atoms with Gasteiger partial charge in [0.25, 0.3) is 0 Å². The summed E-state index contributed by atoms with van der Waals surface area (Å²) < 4.78 is 63.4. The number of aryl methyl sites for hydroxylation is 2. The second-order valence-electron chi connectivity index (χ2n) is 9.27. The van der Waals surface area contributed by atoms with Crippen LogP contribution in [0.4, 0.5) is 17.6 Å². The van der Waals surface area contributed by atoms with Gasteiger partial charge < -0.3 is 4.74 Å². The average molecular weight is 471 g/mol. The van der Waals surface area contributed by atoms with E-state index in [9.17, 15) is 17.6 Å². The van der Waals surface area contributed by atoms with Crippen molar-refractivity contribution in [3.63, 3.8) is 0 Å². The Morgan fingerprint density at radius 1 is 0.735 bits per heavy atom. The summed E-state index contributed by atoms with van der Waals surface area (Å²) in [6, 6.07) is 13.4. The molecule has 0 amide bonds. The molecule has 0 aliphatic heterocycles. The Kier molecular flexibility index (Phi) is 7.60. The minimum atomic E-state index is -1.01. The van der Waals surface area contributed by atoms with Gasteiger partial charge >= 0.3 is 0 Å². The fraction of sp³-hybridized carbons (Fsp3) is 0.379. The van der Waals surface area contributed by atoms with Crippen molar-refractivity contribution in [1.29, 1.82) is 0 Å². The lowest BCUT2D eigenvalue weighted by Crippen LogP contribution is -2.13. The lowest BCUT2D eigenvalue weighted by atomic mass is 9.79. The van der Waals surface area contributed by atoms with Crippen LogP contribution >= 0.6 is 0 Å². The molecule has 1 fully saturated rings. The first-order chi connectivity index (χ1) is 16.4. The fourth-order valence-corrected chi connectivity index (χ4v) is 4.84. The van der Waals surface area contributed by atoms with Crippen molar-refractivity contribution in [3.8, 4) is 16.9 Å². The molecule has 180 valence electrons. The SMILES string of the molecule is CCOc1ccc(-c2ccc(CCc3ccc(C4CCC(C)CC4)c(F)c3F)cc2)c(F)c1F. The smallest absolute Gasteiger partial charge is 0.201 e. The first-order valence-electron chi connectivity index (χ1n) is 12.1. The molecule has 0 atom stereocenters. The third-order valence-electron chi connectivity index (χ3n) is 6.94. The van der Waals surface area contributed by atoms with E-state index in [2.05, 4.69) is 6.92 Å². The molecule has 0 radical (unpaired) electrons. The Hall–Kier alpha value is -2.82. The lowest BCUT2D eigenvalue weighted by molar-refractivity contribution is 0.314. The standard InChI is InChI=1S/C29H30F4O/c1-3-34-25-17-16-24(28(32)29(25)33)21-11-6-19(7-12-21)8-13-22-14-15-23(27(31)26(22)30)20-9-4-18(2)5-10-20/h6-7,11-12,14-18,20H,3-5,8-10,13H2,1-2H3. The highest BCUT2D eigenvalue weighted by Gasteiger charge is 2.24. The van der Waals surface area contributed by atoms with Crippen molar-refractivity contribution in [1.82, 2.24) is 0 Å². The molecule has 1 aliphatic carbocycles. The second-order valence-corrected chi connectivity index (χ2v) is 9.27. The molecule has 0 spiro atoms. The maximum absolute atomic E-state index is 14.8. The van der Waals surface area contributed by atoms with Crippen LogP contribution in [-0.4, -0.2) is 6.61 Å². The first-order valence-corrected chi connectivity index (χ1v) is 12.1. The van der Waals surface area contributed by atoms with Gasteiger partial charge in [0.1, 0.15) is 0 Å². The fourth-order valence-electron chi connectivity index (χ4n) is 4.84. The summed E-state index contributed by atoms with van der Waals surface area (Å²) in [6.45, 7) is 4.16. The molecule has 0 unspecified atom stereocenters. The van der Waals surface area contributed by atoms with E-state index in [1.807, 2.05) is 0 Å². The number of halogens is 4. The first kappa shape index (κ1) is 24.3. The summed E-state index contributed by atoms with van der Waals surface area (Å²) in [5.74, 6) is -2.78. The highest BCUT2D eigenvalue weighted by molar-refractivity contribution is 5.65. The minimum Gasteiger partial charge on any atom is -0.491 e. The van der Waals surface area contributed by atoms with Gasteiger partial charge in [-0.25, -0.2) is 13.2 Å². The third kappa shape index (κ3) is 5.13. The molecule has 5 heteroatoms. The number of ether oxygens (including phenoxy) is 1. The summed E-state index contributed by atoms with van der Waals surface area (Å²) >= 11 is 0. The van der Waals surface area contributed by atoms with Crippen molar-refractivity contribution < 1.29 is 22.3 Å². The maximum Gasteiger partial charge on any atom is 0.201 e. The molecule has 1 aliphatic rings. The summed E-state index contributed by atoms with van der Waals surface area (Å²) in [6.07, 6.45) is 4.78. The molecule has 0 aromatic heterocycles. The highest BCUT2D eigenvalue weighted by Crippen LogP contribution is 2.37. The van der Waals surface area contributed by atoms with Crippen LogP contribution in [0, 0.1) is 29.2 Å². The van der Waals surface area contributed by atoms with E-state index < -0.39 is 23.3 Å². The Bertz CT molecular complexity index is 1130. The van der Waals surface area contributed by atoms with Crippen LogP contribution in [0.1, 0.15) is 62.1 Å². The average Bonchev–Trinajstić information content (AvgIpc) is 2.84. The monoisotopic (exact) mass is 470 g/mol. The Morgan fingerprint density at radius 3 is 2.12 bits per heavy atom.